The van der Waals surface area contributed by atoms with E-state index in [1.807, 2.05) is 6.07 Å². The number of hydrogen-bond donors (Lipinski definition) is 2. The third kappa shape index (κ3) is 2.37. The smallest absolute Gasteiger partial charge is 0.331 e. The van der Waals surface area contributed by atoms with Crippen LogP contribution in [-0.2, 0) is 6.54 Å². The lowest BCUT2D eigenvalue weighted by Crippen LogP contribution is -2.32. The maximum Gasteiger partial charge on any atom is 0.331 e. The number of benzene rings is 1. The molecule has 1 aromatic carbocycles. The van der Waals surface area contributed by atoms with E-state index in [0.29, 0.717) is 15.7 Å². The molecule has 1 aromatic heterocycles. The molecule has 0 bridgehead atoms. The van der Waals surface area contributed by atoms with Gasteiger partial charge in [-0.1, -0.05) is 12.1 Å². The monoisotopic (exact) mass is 261 g/mol. The van der Waals surface area contributed by atoms with Crippen molar-refractivity contribution in [3.05, 3.63) is 62.0 Å². The van der Waals surface area contributed by atoms with E-state index in [1.165, 1.54) is 12.1 Å². The van der Waals surface area contributed by atoms with Crippen LogP contribution < -0.4 is 11.2 Å². The van der Waals surface area contributed by atoms with Gasteiger partial charge >= 0.3 is 5.69 Å². The molecule has 96 valence electrons. The zero-order chi connectivity index (χ0) is 14.0. The van der Waals surface area contributed by atoms with E-state index in [2.05, 4.69) is 0 Å². The maximum atomic E-state index is 13.2. The van der Waals surface area contributed by atoms with Crippen LogP contribution in [0.15, 0.2) is 33.9 Å². The van der Waals surface area contributed by atoms with Crippen LogP contribution in [0.5, 0.6) is 5.88 Å². The zero-order valence-corrected chi connectivity index (χ0v) is 9.55. The molecule has 0 unspecified atom stereocenters. The van der Waals surface area contributed by atoms with Crippen molar-refractivity contribution in [2.75, 3.05) is 0 Å². The summed E-state index contributed by atoms with van der Waals surface area (Å²) < 4.78 is 13.9. The van der Waals surface area contributed by atoms with Gasteiger partial charge in [0.1, 0.15) is 0 Å². The first kappa shape index (κ1) is 12.6. The quantitative estimate of drug-likeness (QED) is 0.812. The minimum absolute atomic E-state index is 0.121. The van der Waals surface area contributed by atoms with Gasteiger partial charge in [-0.2, -0.15) is 9.65 Å². The van der Waals surface area contributed by atoms with Crippen molar-refractivity contribution in [2.45, 2.75) is 6.54 Å². The van der Waals surface area contributed by atoms with Crippen LogP contribution in [0.25, 0.3) is 0 Å². The first-order valence-corrected chi connectivity index (χ1v) is 5.23. The normalized spacial score (nSPS) is 10.1. The zero-order valence-electron chi connectivity index (χ0n) is 9.55. The Balaban J connectivity index is 2.44. The number of hydrogen-bond acceptors (Lipinski definition) is 4. The molecule has 0 aliphatic rings. The first-order valence-electron chi connectivity index (χ1n) is 5.23. The minimum atomic E-state index is -1.41. The Bertz CT molecular complexity index is 769. The summed E-state index contributed by atoms with van der Waals surface area (Å²) in [4.78, 5) is 24.1. The summed E-state index contributed by atoms with van der Waals surface area (Å²) in [7, 11) is 0. The summed E-state index contributed by atoms with van der Waals surface area (Å²) in [6.07, 6.45) is 0. The first-order chi connectivity index (χ1) is 9.02. The molecule has 0 saturated carbocycles. The number of nitrogens with zero attached hydrogens (tertiary/aromatic N) is 2. The van der Waals surface area contributed by atoms with Crippen LogP contribution in [0.3, 0.4) is 0 Å². The molecule has 0 aliphatic heterocycles. The molecule has 0 saturated heterocycles. The van der Waals surface area contributed by atoms with Gasteiger partial charge in [-0.3, -0.25) is 14.3 Å². The van der Waals surface area contributed by atoms with Crippen LogP contribution in [0.1, 0.15) is 11.1 Å². The van der Waals surface area contributed by atoms with E-state index >= 15 is 0 Å². The average Bonchev–Trinajstić information content (AvgIpc) is 2.42. The van der Waals surface area contributed by atoms with E-state index in [1.54, 1.807) is 17.1 Å². The molecule has 0 spiro atoms. The van der Waals surface area contributed by atoms with Gasteiger partial charge < -0.3 is 5.11 Å². The Morgan fingerprint density at radius 3 is 2.53 bits per heavy atom. The lowest BCUT2D eigenvalue weighted by atomic mass is 10.1. The van der Waals surface area contributed by atoms with Crippen molar-refractivity contribution in [2.24, 2.45) is 0 Å². The fourth-order valence-electron chi connectivity index (χ4n) is 1.55. The molecule has 2 aromatic rings. The van der Waals surface area contributed by atoms with E-state index < -0.39 is 22.9 Å². The number of nitrogens with one attached hydrogen (secondary N) is 1. The molecule has 7 heteroatoms. The second kappa shape index (κ2) is 4.78. The van der Waals surface area contributed by atoms with E-state index in [4.69, 9.17) is 5.26 Å². The standard InChI is InChI=1S/C12H8FN3O3/c13-9-10(17)15-12(19)16(11(9)18)6-8-3-1-7(5-14)2-4-8/h1-4,18H,6H2,(H,15,17,19). The number of H-pyrrole nitrogens is 1. The van der Waals surface area contributed by atoms with E-state index in [-0.39, 0.29) is 6.54 Å². The number of halogens is 1. The molecule has 0 aliphatic carbocycles. The van der Waals surface area contributed by atoms with Gasteiger partial charge in [0.25, 0.3) is 5.56 Å². The highest BCUT2D eigenvalue weighted by molar-refractivity contribution is 5.32. The van der Waals surface area contributed by atoms with Crippen molar-refractivity contribution in [1.82, 2.24) is 9.55 Å². The van der Waals surface area contributed by atoms with Crippen molar-refractivity contribution < 1.29 is 9.50 Å². The van der Waals surface area contributed by atoms with Crippen LogP contribution in [0.2, 0.25) is 0 Å². The summed E-state index contributed by atoms with van der Waals surface area (Å²) in [5, 5.41) is 18.1. The molecule has 1 heterocycles. The molecule has 0 fully saturated rings. The van der Waals surface area contributed by atoms with Gasteiger partial charge in [0.2, 0.25) is 11.7 Å². The van der Waals surface area contributed by atoms with Gasteiger partial charge in [-0.25, -0.2) is 4.79 Å². The molecule has 2 N–H and O–H groups in total. The largest absolute Gasteiger partial charge is 0.492 e. The van der Waals surface area contributed by atoms with E-state index in [9.17, 15) is 19.1 Å². The highest BCUT2D eigenvalue weighted by Crippen LogP contribution is 2.11. The lowest BCUT2D eigenvalue weighted by molar-refractivity contribution is 0.367. The Labute approximate surface area is 106 Å². The van der Waals surface area contributed by atoms with Gasteiger partial charge in [-0.05, 0) is 17.7 Å². The Kier molecular flexibility index (Phi) is 3.16. The number of aromatic hydroxyl groups is 1. The summed E-state index contributed by atoms with van der Waals surface area (Å²) in [5.41, 5.74) is -1.16. The molecule has 0 radical (unpaired) electrons. The molecule has 0 atom stereocenters. The van der Waals surface area contributed by atoms with Crippen molar-refractivity contribution in [3.8, 4) is 11.9 Å². The third-order valence-corrected chi connectivity index (χ3v) is 2.54. The predicted molar refractivity (Wildman–Crippen MR) is 63.2 cm³/mol. The Morgan fingerprint density at radius 1 is 1.32 bits per heavy atom. The molecule has 0 amide bonds. The number of nitriles is 1. The van der Waals surface area contributed by atoms with Crippen LogP contribution >= 0.6 is 0 Å². The predicted octanol–water partition coefficient (Wildman–Crippen LogP) is 0.301. The highest BCUT2D eigenvalue weighted by atomic mass is 19.1. The second-order valence-corrected chi connectivity index (χ2v) is 3.79. The van der Waals surface area contributed by atoms with Crippen molar-refractivity contribution >= 4 is 0 Å². The van der Waals surface area contributed by atoms with Gasteiger partial charge in [0.15, 0.2) is 0 Å². The summed E-state index contributed by atoms with van der Waals surface area (Å²) >= 11 is 0. The van der Waals surface area contributed by atoms with Crippen molar-refractivity contribution in [1.29, 1.82) is 5.26 Å². The second-order valence-electron chi connectivity index (χ2n) is 3.79. The highest BCUT2D eigenvalue weighted by Gasteiger charge is 2.13. The molecule has 19 heavy (non-hydrogen) atoms. The number of aromatic nitrogens is 2. The van der Waals surface area contributed by atoms with Crippen LogP contribution in [-0.4, -0.2) is 14.7 Å². The van der Waals surface area contributed by atoms with Gasteiger partial charge in [-0.15, -0.1) is 0 Å². The summed E-state index contributed by atoms with van der Waals surface area (Å²) in [6.45, 7) is -0.121. The van der Waals surface area contributed by atoms with Gasteiger partial charge in [0.05, 0.1) is 18.2 Å². The van der Waals surface area contributed by atoms with Gasteiger partial charge in [0, 0.05) is 0 Å². The minimum Gasteiger partial charge on any atom is -0.492 e. The molecule has 6 nitrogen and oxygen atoms in total. The maximum absolute atomic E-state index is 13.2. The Hall–Kier alpha value is -2.88. The molecule has 2 rings (SSSR count). The van der Waals surface area contributed by atoms with Crippen LogP contribution in [0.4, 0.5) is 4.39 Å². The topological polar surface area (TPSA) is 98.9 Å². The Morgan fingerprint density at radius 2 is 1.95 bits per heavy atom. The SMILES string of the molecule is N#Cc1ccc(Cn2c(O)c(F)c(=O)[nH]c2=O)cc1. The third-order valence-electron chi connectivity index (χ3n) is 2.54. The summed E-state index contributed by atoms with van der Waals surface area (Å²) in [5.74, 6) is -2.42. The average molecular weight is 261 g/mol. The number of aromatic amines is 1. The molecular formula is C12H8FN3O3. The number of rotatable bonds is 2. The summed E-state index contributed by atoms with van der Waals surface area (Å²) in [6, 6.07) is 8.11. The van der Waals surface area contributed by atoms with Crippen LogP contribution in [0, 0.1) is 17.1 Å². The van der Waals surface area contributed by atoms with Crippen molar-refractivity contribution in [3.63, 3.8) is 0 Å². The van der Waals surface area contributed by atoms with E-state index in [0.717, 1.165) is 0 Å². The fraction of sp³-hybridized carbons (Fsp3) is 0.0833. The fourth-order valence-corrected chi connectivity index (χ4v) is 1.55. The lowest BCUT2D eigenvalue weighted by Gasteiger charge is -2.08. The molecular weight excluding hydrogens is 253 g/mol.